The van der Waals surface area contributed by atoms with Crippen LogP contribution in [-0.4, -0.2) is 52.7 Å². The van der Waals surface area contributed by atoms with Crippen LogP contribution in [0.3, 0.4) is 0 Å². The van der Waals surface area contributed by atoms with E-state index in [9.17, 15) is 0 Å². The van der Waals surface area contributed by atoms with Crippen LogP contribution < -0.4 is 15.5 Å². The Kier molecular flexibility index (Phi) is 6.47. The Balaban J connectivity index is 1.33. The maximum Gasteiger partial charge on any atom is 0.162 e. The van der Waals surface area contributed by atoms with Crippen LogP contribution in [0.5, 0.6) is 0 Å². The summed E-state index contributed by atoms with van der Waals surface area (Å²) in [6.45, 7) is 2.91. The topological polar surface area (TPSA) is 78.9 Å². The number of aromatic nitrogens is 4. The number of benzene rings is 1. The molecule has 4 heterocycles. The fourth-order valence-electron chi connectivity index (χ4n) is 5.19. The molecule has 1 aliphatic carbocycles. The second-order valence-electron chi connectivity index (χ2n) is 9.95. The summed E-state index contributed by atoms with van der Waals surface area (Å²) in [5.74, 6) is 3.17. The molecule has 2 fully saturated rings. The van der Waals surface area contributed by atoms with E-state index in [1.54, 1.807) is 0 Å². The van der Waals surface area contributed by atoms with Gasteiger partial charge < -0.3 is 15.5 Å². The molecule has 2 N–H and O–H groups in total. The standard InChI is InChI=1S/C29H33N7/c1-36(23-11-13-30-14-12-23)29-27-24(21-7-8-21)18-31-19-25(27)34-28(35-29)22-10-16-33-26(17-22)32-15-9-20-5-3-2-4-6-20/h2-6,10,16-19,21,23,30H,7-9,11-15H2,1H3,(H,32,33). The smallest absolute Gasteiger partial charge is 0.162 e. The average molecular weight is 480 g/mol. The second kappa shape index (κ2) is 10.2. The largest absolute Gasteiger partial charge is 0.370 e. The van der Waals surface area contributed by atoms with Gasteiger partial charge in [0, 0.05) is 43.0 Å². The predicted molar refractivity (Wildman–Crippen MR) is 145 cm³/mol. The lowest BCUT2D eigenvalue weighted by molar-refractivity contribution is 0.442. The third-order valence-corrected chi connectivity index (χ3v) is 7.41. The minimum Gasteiger partial charge on any atom is -0.370 e. The van der Waals surface area contributed by atoms with Crippen LogP contribution in [0.4, 0.5) is 11.6 Å². The van der Waals surface area contributed by atoms with E-state index in [4.69, 9.17) is 9.97 Å². The van der Waals surface area contributed by atoms with Crippen molar-refractivity contribution >= 4 is 22.5 Å². The van der Waals surface area contributed by atoms with Gasteiger partial charge in [-0.25, -0.2) is 15.0 Å². The van der Waals surface area contributed by atoms with E-state index in [0.717, 1.165) is 67.4 Å². The van der Waals surface area contributed by atoms with Gasteiger partial charge in [-0.15, -0.1) is 0 Å². The van der Waals surface area contributed by atoms with Crippen molar-refractivity contribution in [2.45, 2.75) is 44.1 Å². The third kappa shape index (κ3) is 4.88. The second-order valence-corrected chi connectivity index (χ2v) is 9.95. The summed E-state index contributed by atoms with van der Waals surface area (Å²) >= 11 is 0. The van der Waals surface area contributed by atoms with Gasteiger partial charge in [-0.2, -0.15) is 0 Å². The molecule has 4 aromatic rings. The number of nitrogens with zero attached hydrogens (tertiary/aromatic N) is 5. The Morgan fingerprint density at radius 2 is 1.83 bits per heavy atom. The minimum atomic E-state index is 0.463. The van der Waals surface area contributed by atoms with Crippen molar-refractivity contribution in [2.24, 2.45) is 0 Å². The summed E-state index contributed by atoms with van der Waals surface area (Å²) in [5.41, 5.74) is 4.50. The first-order valence-electron chi connectivity index (χ1n) is 13.1. The van der Waals surface area contributed by atoms with Gasteiger partial charge >= 0.3 is 0 Å². The highest BCUT2D eigenvalue weighted by molar-refractivity contribution is 5.94. The highest BCUT2D eigenvalue weighted by atomic mass is 15.2. The number of nitrogens with one attached hydrogen (secondary N) is 2. The molecule has 184 valence electrons. The highest BCUT2D eigenvalue weighted by Gasteiger charge is 2.30. The van der Waals surface area contributed by atoms with Crippen LogP contribution in [0.2, 0.25) is 0 Å². The van der Waals surface area contributed by atoms with E-state index in [-0.39, 0.29) is 0 Å². The summed E-state index contributed by atoms with van der Waals surface area (Å²) in [6.07, 6.45) is 11.4. The summed E-state index contributed by atoms with van der Waals surface area (Å²) in [6, 6.07) is 15.0. The molecular weight excluding hydrogens is 446 g/mol. The van der Waals surface area contributed by atoms with Crippen molar-refractivity contribution in [1.82, 2.24) is 25.3 Å². The van der Waals surface area contributed by atoms with E-state index in [2.05, 4.69) is 62.9 Å². The van der Waals surface area contributed by atoms with Gasteiger partial charge in [-0.3, -0.25) is 4.98 Å². The van der Waals surface area contributed by atoms with E-state index < -0.39 is 0 Å². The van der Waals surface area contributed by atoms with Crippen LogP contribution in [0.25, 0.3) is 22.3 Å². The van der Waals surface area contributed by atoms with Crippen molar-refractivity contribution in [1.29, 1.82) is 0 Å². The number of pyridine rings is 2. The van der Waals surface area contributed by atoms with Crippen molar-refractivity contribution in [3.05, 3.63) is 72.2 Å². The average Bonchev–Trinajstić information content (AvgIpc) is 3.79. The first-order chi connectivity index (χ1) is 17.8. The van der Waals surface area contributed by atoms with Crippen LogP contribution >= 0.6 is 0 Å². The molecule has 6 rings (SSSR count). The van der Waals surface area contributed by atoms with Crippen LogP contribution in [-0.2, 0) is 6.42 Å². The SMILES string of the molecule is CN(c1nc(-c2ccnc(NCCc3ccccc3)c2)nc2cncc(C3CC3)c12)C1CCNCC1. The maximum absolute atomic E-state index is 5.20. The third-order valence-electron chi connectivity index (χ3n) is 7.41. The molecule has 2 aliphatic rings. The lowest BCUT2D eigenvalue weighted by atomic mass is 10.0. The zero-order chi connectivity index (χ0) is 24.3. The Morgan fingerprint density at radius 1 is 1.00 bits per heavy atom. The van der Waals surface area contributed by atoms with Crippen molar-refractivity contribution in [2.75, 3.05) is 36.9 Å². The van der Waals surface area contributed by atoms with Gasteiger partial charge in [0.1, 0.15) is 11.6 Å². The number of anilines is 2. The molecule has 7 nitrogen and oxygen atoms in total. The quantitative estimate of drug-likeness (QED) is 0.376. The number of hydrogen-bond donors (Lipinski definition) is 2. The molecule has 7 heteroatoms. The molecule has 0 unspecified atom stereocenters. The van der Waals surface area contributed by atoms with Gasteiger partial charge in [0.25, 0.3) is 0 Å². The molecule has 1 saturated heterocycles. The lowest BCUT2D eigenvalue weighted by Gasteiger charge is -2.33. The van der Waals surface area contributed by atoms with Crippen molar-refractivity contribution in [3.8, 4) is 11.4 Å². The molecular formula is C29H33N7. The summed E-state index contributed by atoms with van der Waals surface area (Å²) in [4.78, 5) is 21.7. The monoisotopic (exact) mass is 479 g/mol. The first kappa shape index (κ1) is 22.9. The number of rotatable bonds is 8. The lowest BCUT2D eigenvalue weighted by Crippen LogP contribution is -2.41. The van der Waals surface area contributed by atoms with Crippen molar-refractivity contribution in [3.63, 3.8) is 0 Å². The van der Waals surface area contributed by atoms with Gasteiger partial charge in [0.15, 0.2) is 5.82 Å². The minimum absolute atomic E-state index is 0.463. The van der Waals surface area contributed by atoms with Crippen LogP contribution in [0.15, 0.2) is 61.1 Å². The summed E-state index contributed by atoms with van der Waals surface area (Å²) in [5, 5.41) is 8.12. The van der Waals surface area contributed by atoms with E-state index >= 15 is 0 Å². The molecule has 0 radical (unpaired) electrons. The van der Waals surface area contributed by atoms with E-state index in [1.165, 1.54) is 29.4 Å². The molecule has 0 atom stereocenters. The number of hydrogen-bond acceptors (Lipinski definition) is 7. The fraction of sp³-hybridized carbons (Fsp3) is 0.379. The maximum atomic E-state index is 5.20. The molecule has 0 amide bonds. The van der Waals surface area contributed by atoms with Gasteiger partial charge in [0.05, 0.1) is 11.7 Å². The van der Waals surface area contributed by atoms with Gasteiger partial charge in [-0.1, -0.05) is 30.3 Å². The molecule has 1 aliphatic heterocycles. The Hall–Kier alpha value is -3.58. The summed E-state index contributed by atoms with van der Waals surface area (Å²) in [7, 11) is 2.20. The molecule has 1 saturated carbocycles. The van der Waals surface area contributed by atoms with Gasteiger partial charge in [0.2, 0.25) is 0 Å². The number of fused-ring (bicyclic) bond motifs is 1. The fourth-order valence-corrected chi connectivity index (χ4v) is 5.19. The number of piperidine rings is 1. The zero-order valence-corrected chi connectivity index (χ0v) is 20.8. The Bertz CT molecular complexity index is 1330. The molecule has 0 bridgehead atoms. The van der Waals surface area contributed by atoms with E-state index in [0.29, 0.717) is 12.0 Å². The molecule has 3 aromatic heterocycles. The molecule has 1 aromatic carbocycles. The predicted octanol–water partition coefficient (Wildman–Crippen LogP) is 4.81. The Morgan fingerprint density at radius 3 is 2.64 bits per heavy atom. The first-order valence-corrected chi connectivity index (χ1v) is 13.1. The molecule has 0 spiro atoms. The van der Waals surface area contributed by atoms with Crippen LogP contribution in [0.1, 0.15) is 42.7 Å². The Labute approximate surface area is 212 Å². The normalized spacial score (nSPS) is 16.2. The highest BCUT2D eigenvalue weighted by Crippen LogP contribution is 2.45. The zero-order valence-electron chi connectivity index (χ0n) is 20.8. The van der Waals surface area contributed by atoms with E-state index in [1.807, 2.05) is 30.7 Å². The van der Waals surface area contributed by atoms with Gasteiger partial charge in [-0.05, 0) is 74.4 Å². The van der Waals surface area contributed by atoms with Crippen LogP contribution in [0, 0.1) is 0 Å². The summed E-state index contributed by atoms with van der Waals surface area (Å²) < 4.78 is 0. The molecule has 36 heavy (non-hydrogen) atoms. The van der Waals surface area contributed by atoms with Crippen molar-refractivity contribution < 1.29 is 0 Å².